The van der Waals surface area contributed by atoms with Crippen LogP contribution in [0.15, 0.2) is 23.3 Å². The van der Waals surface area contributed by atoms with Crippen molar-refractivity contribution in [2.75, 3.05) is 27.3 Å². The highest BCUT2D eigenvalue weighted by molar-refractivity contribution is 14.0. The number of halogens is 1. The lowest BCUT2D eigenvalue weighted by Crippen LogP contribution is -2.37. The van der Waals surface area contributed by atoms with Crippen molar-refractivity contribution >= 4 is 29.9 Å². The fraction of sp³-hybridized carbons (Fsp3) is 0.538. The van der Waals surface area contributed by atoms with E-state index in [1.807, 2.05) is 6.07 Å². The van der Waals surface area contributed by atoms with Crippen LogP contribution in [0.25, 0.3) is 0 Å². The van der Waals surface area contributed by atoms with Crippen molar-refractivity contribution in [1.82, 2.24) is 15.6 Å². The molecule has 6 heteroatoms. The van der Waals surface area contributed by atoms with Crippen LogP contribution in [0, 0.1) is 6.92 Å². The van der Waals surface area contributed by atoms with Gasteiger partial charge in [-0.1, -0.05) is 6.07 Å². The summed E-state index contributed by atoms with van der Waals surface area (Å²) in [5.74, 6) is 0.788. The van der Waals surface area contributed by atoms with E-state index < -0.39 is 0 Å². The first-order chi connectivity index (χ1) is 8.77. The first kappa shape index (κ1) is 18.1. The predicted molar refractivity (Wildman–Crippen MR) is 89.1 cm³/mol. The number of hydrogen-bond acceptors (Lipinski definition) is 3. The Labute approximate surface area is 132 Å². The molecule has 0 aromatic carbocycles. The van der Waals surface area contributed by atoms with Crippen LogP contribution in [0.4, 0.5) is 0 Å². The molecule has 0 spiro atoms. The smallest absolute Gasteiger partial charge is 0.191 e. The van der Waals surface area contributed by atoms with E-state index in [2.05, 4.69) is 33.6 Å². The minimum Gasteiger partial charge on any atom is -0.385 e. The Kier molecular flexibility index (Phi) is 10.5. The van der Waals surface area contributed by atoms with Gasteiger partial charge in [-0.2, -0.15) is 0 Å². The molecule has 0 fully saturated rings. The van der Waals surface area contributed by atoms with Crippen LogP contribution in [0.5, 0.6) is 0 Å². The Hall–Kier alpha value is -0.890. The SMILES string of the molecule is CN=C(NCCCOC)NCc1ncccc1C.I. The summed E-state index contributed by atoms with van der Waals surface area (Å²) in [6, 6.07) is 4.00. The maximum absolute atomic E-state index is 4.99. The number of nitrogens with zero attached hydrogens (tertiary/aromatic N) is 2. The van der Waals surface area contributed by atoms with E-state index in [-0.39, 0.29) is 24.0 Å². The quantitative estimate of drug-likeness (QED) is 0.343. The molecule has 0 aliphatic carbocycles. The lowest BCUT2D eigenvalue weighted by Gasteiger charge is -2.12. The first-order valence-corrected chi connectivity index (χ1v) is 6.12. The normalized spacial score (nSPS) is 10.8. The average molecular weight is 378 g/mol. The molecule has 0 unspecified atom stereocenters. The second-order valence-electron chi connectivity index (χ2n) is 3.97. The Bertz CT molecular complexity index is 385. The van der Waals surface area contributed by atoms with Gasteiger partial charge < -0.3 is 15.4 Å². The Balaban J connectivity index is 0.00000324. The van der Waals surface area contributed by atoms with Crippen molar-refractivity contribution in [3.63, 3.8) is 0 Å². The van der Waals surface area contributed by atoms with Gasteiger partial charge in [0.25, 0.3) is 0 Å². The molecule has 1 rings (SSSR count). The molecule has 0 saturated heterocycles. The van der Waals surface area contributed by atoms with Gasteiger partial charge in [0.2, 0.25) is 0 Å². The number of hydrogen-bond donors (Lipinski definition) is 2. The van der Waals surface area contributed by atoms with Gasteiger partial charge in [-0.25, -0.2) is 0 Å². The summed E-state index contributed by atoms with van der Waals surface area (Å²) >= 11 is 0. The third kappa shape index (κ3) is 7.31. The van der Waals surface area contributed by atoms with Crippen LogP contribution >= 0.6 is 24.0 Å². The maximum atomic E-state index is 4.99. The third-order valence-corrected chi connectivity index (χ3v) is 2.58. The zero-order chi connectivity index (χ0) is 13.2. The molecule has 1 aromatic rings. The molecule has 0 amide bonds. The zero-order valence-corrected chi connectivity index (χ0v) is 14.1. The molecule has 0 atom stereocenters. The van der Waals surface area contributed by atoms with Gasteiger partial charge in [-0.3, -0.25) is 9.98 Å². The number of aliphatic imine (C=N–C) groups is 1. The van der Waals surface area contributed by atoms with Crippen LogP contribution in [-0.4, -0.2) is 38.3 Å². The van der Waals surface area contributed by atoms with E-state index in [4.69, 9.17) is 4.74 Å². The second-order valence-corrected chi connectivity index (χ2v) is 3.97. The number of nitrogens with one attached hydrogen (secondary N) is 2. The molecule has 0 saturated carbocycles. The Morgan fingerprint density at radius 1 is 1.42 bits per heavy atom. The molecular weight excluding hydrogens is 355 g/mol. The number of methoxy groups -OCH3 is 1. The molecule has 1 heterocycles. The molecule has 0 bridgehead atoms. The van der Waals surface area contributed by atoms with E-state index in [0.717, 1.165) is 31.2 Å². The zero-order valence-electron chi connectivity index (χ0n) is 11.8. The van der Waals surface area contributed by atoms with Crippen molar-refractivity contribution in [1.29, 1.82) is 0 Å². The lowest BCUT2D eigenvalue weighted by atomic mass is 10.2. The molecule has 2 N–H and O–H groups in total. The number of guanidine groups is 1. The molecule has 1 aromatic heterocycles. The number of aryl methyl sites for hydroxylation is 1. The van der Waals surface area contributed by atoms with Crippen LogP contribution in [0.1, 0.15) is 17.7 Å². The monoisotopic (exact) mass is 378 g/mol. The van der Waals surface area contributed by atoms with Gasteiger partial charge in [0, 0.05) is 33.5 Å². The summed E-state index contributed by atoms with van der Waals surface area (Å²) in [6.07, 6.45) is 2.76. The maximum Gasteiger partial charge on any atom is 0.191 e. The molecular formula is C13H23IN4O. The average Bonchev–Trinajstić information content (AvgIpc) is 2.40. The Morgan fingerprint density at radius 3 is 2.84 bits per heavy atom. The topological polar surface area (TPSA) is 58.5 Å². The summed E-state index contributed by atoms with van der Waals surface area (Å²) in [4.78, 5) is 8.49. The van der Waals surface area contributed by atoms with Crippen molar-refractivity contribution in [3.8, 4) is 0 Å². The molecule has 5 nitrogen and oxygen atoms in total. The van der Waals surface area contributed by atoms with Gasteiger partial charge in [-0.05, 0) is 25.0 Å². The predicted octanol–water partition coefficient (Wildman–Crippen LogP) is 1.71. The van der Waals surface area contributed by atoms with E-state index in [1.165, 1.54) is 5.56 Å². The molecule has 0 aliphatic heterocycles. The minimum atomic E-state index is 0. The van der Waals surface area contributed by atoms with Crippen molar-refractivity contribution in [3.05, 3.63) is 29.6 Å². The van der Waals surface area contributed by atoms with Gasteiger partial charge in [0.05, 0.1) is 12.2 Å². The summed E-state index contributed by atoms with van der Waals surface area (Å²) < 4.78 is 4.99. The highest BCUT2D eigenvalue weighted by atomic mass is 127. The summed E-state index contributed by atoms with van der Waals surface area (Å²) in [5.41, 5.74) is 2.22. The van der Waals surface area contributed by atoms with Gasteiger partial charge >= 0.3 is 0 Å². The van der Waals surface area contributed by atoms with E-state index in [1.54, 1.807) is 20.4 Å². The summed E-state index contributed by atoms with van der Waals surface area (Å²) in [6.45, 7) is 4.33. The van der Waals surface area contributed by atoms with Crippen LogP contribution in [0.3, 0.4) is 0 Å². The van der Waals surface area contributed by atoms with Gasteiger partial charge in [-0.15, -0.1) is 24.0 Å². The van der Waals surface area contributed by atoms with E-state index in [9.17, 15) is 0 Å². The van der Waals surface area contributed by atoms with Gasteiger partial charge in [0.1, 0.15) is 0 Å². The number of pyridine rings is 1. The number of aromatic nitrogens is 1. The van der Waals surface area contributed by atoms with Crippen molar-refractivity contribution in [2.45, 2.75) is 19.9 Å². The molecule has 0 aliphatic rings. The van der Waals surface area contributed by atoms with Crippen molar-refractivity contribution < 1.29 is 4.74 Å². The Morgan fingerprint density at radius 2 is 2.21 bits per heavy atom. The molecule has 0 radical (unpaired) electrons. The van der Waals surface area contributed by atoms with Crippen LogP contribution < -0.4 is 10.6 Å². The number of rotatable bonds is 6. The highest BCUT2D eigenvalue weighted by Gasteiger charge is 2.00. The fourth-order valence-corrected chi connectivity index (χ4v) is 1.51. The van der Waals surface area contributed by atoms with E-state index >= 15 is 0 Å². The van der Waals surface area contributed by atoms with Gasteiger partial charge in [0.15, 0.2) is 5.96 Å². The molecule has 108 valence electrons. The summed E-state index contributed by atoms with van der Waals surface area (Å²) in [7, 11) is 3.47. The number of ether oxygens (including phenoxy) is 1. The second kappa shape index (κ2) is 11.0. The standard InChI is InChI=1S/C13H22N4O.HI/c1-11-6-4-7-15-12(11)10-17-13(14-2)16-8-5-9-18-3;/h4,6-7H,5,8-10H2,1-3H3,(H2,14,16,17);1H. The van der Waals surface area contributed by atoms with Crippen molar-refractivity contribution in [2.24, 2.45) is 4.99 Å². The van der Waals surface area contributed by atoms with Crippen LogP contribution in [-0.2, 0) is 11.3 Å². The third-order valence-electron chi connectivity index (χ3n) is 2.58. The fourth-order valence-electron chi connectivity index (χ4n) is 1.51. The highest BCUT2D eigenvalue weighted by Crippen LogP contribution is 2.01. The largest absolute Gasteiger partial charge is 0.385 e. The molecule has 19 heavy (non-hydrogen) atoms. The van der Waals surface area contributed by atoms with Crippen LogP contribution in [0.2, 0.25) is 0 Å². The minimum absolute atomic E-state index is 0. The lowest BCUT2D eigenvalue weighted by molar-refractivity contribution is 0.195. The first-order valence-electron chi connectivity index (χ1n) is 6.12. The van der Waals surface area contributed by atoms with E-state index in [0.29, 0.717) is 6.54 Å². The summed E-state index contributed by atoms with van der Waals surface area (Å²) in [5, 5.41) is 6.46.